The third-order valence-electron chi connectivity index (χ3n) is 12.3. The molecule has 0 heterocycles. The van der Waals surface area contributed by atoms with Gasteiger partial charge in [-0.25, -0.2) is 8.78 Å². The predicted molar refractivity (Wildman–Crippen MR) is 247 cm³/mol. The van der Waals surface area contributed by atoms with Gasteiger partial charge in [0.25, 0.3) is 0 Å². The molecule has 3 N–H and O–H groups in total. The van der Waals surface area contributed by atoms with E-state index in [1.807, 2.05) is 54.6 Å². The topological polar surface area (TPSA) is 125 Å². The van der Waals surface area contributed by atoms with Crippen molar-refractivity contribution in [2.24, 2.45) is 28.4 Å². The van der Waals surface area contributed by atoms with Crippen molar-refractivity contribution in [1.82, 2.24) is 0 Å². The molecule has 0 unspecified atom stereocenters. The summed E-state index contributed by atoms with van der Waals surface area (Å²) in [5.74, 6) is 1.23. The highest BCUT2D eigenvalue weighted by molar-refractivity contribution is 5.79. The van der Waals surface area contributed by atoms with Crippen LogP contribution in [0.1, 0.15) is 129 Å². The minimum atomic E-state index is -0.853. The second-order valence-corrected chi connectivity index (χ2v) is 18.8. The Morgan fingerprint density at radius 3 is 1.51 bits per heavy atom. The quantitative estimate of drug-likeness (QED) is 0.101. The number of rotatable bonds is 13. The third-order valence-corrected chi connectivity index (χ3v) is 12.3. The Morgan fingerprint density at radius 2 is 1.13 bits per heavy atom. The van der Waals surface area contributed by atoms with Gasteiger partial charge >= 0.3 is 11.9 Å². The SMILES string of the molecule is CC(C)(C)C1CCC(Oc2ccc(-c3cccc(C=O)c3F)cc2)CC1.CC(C)(C)C1CCC(Oc2ccc(-c3cccc(CCCC(=O)O)c3F)cc2)CC1.CCOC(=O)CN. The molecule has 0 spiro atoms. The lowest BCUT2D eigenvalue weighted by atomic mass is 9.72. The molecule has 10 heteroatoms. The van der Waals surface area contributed by atoms with Gasteiger partial charge in [-0.3, -0.25) is 14.4 Å². The lowest BCUT2D eigenvalue weighted by Gasteiger charge is -2.37. The van der Waals surface area contributed by atoms with Crippen molar-refractivity contribution in [1.29, 1.82) is 0 Å². The smallest absolute Gasteiger partial charge is 0.319 e. The summed E-state index contributed by atoms with van der Waals surface area (Å²) in [5.41, 5.74) is 8.78. The van der Waals surface area contributed by atoms with Gasteiger partial charge in [-0.1, -0.05) is 96.1 Å². The molecule has 0 aliphatic heterocycles. The molecule has 0 amide bonds. The number of carbonyl (C=O) groups excluding carboxylic acids is 2. The summed E-state index contributed by atoms with van der Waals surface area (Å²) in [6.45, 7) is 16.0. The summed E-state index contributed by atoms with van der Waals surface area (Å²) in [4.78, 5) is 31.7. The molecule has 2 fully saturated rings. The number of carbonyl (C=O) groups is 3. The first-order valence-electron chi connectivity index (χ1n) is 22.6. The van der Waals surface area contributed by atoms with E-state index in [1.54, 1.807) is 31.2 Å². The highest BCUT2D eigenvalue weighted by Crippen LogP contribution is 2.40. The van der Waals surface area contributed by atoms with E-state index in [2.05, 4.69) is 46.3 Å². The van der Waals surface area contributed by atoms with Crippen LogP contribution in [0.5, 0.6) is 11.5 Å². The summed E-state index contributed by atoms with van der Waals surface area (Å²) >= 11 is 0. The molecule has 6 rings (SSSR count). The van der Waals surface area contributed by atoms with E-state index in [4.69, 9.17) is 20.3 Å². The van der Waals surface area contributed by atoms with Crippen LogP contribution in [0, 0.1) is 34.3 Å². The number of carboxylic acids is 1. The van der Waals surface area contributed by atoms with Gasteiger partial charge in [0.1, 0.15) is 23.1 Å². The summed E-state index contributed by atoms with van der Waals surface area (Å²) in [5, 5.41) is 8.78. The van der Waals surface area contributed by atoms with Gasteiger partial charge < -0.3 is 25.1 Å². The third kappa shape index (κ3) is 15.9. The monoisotopic (exact) mass is 870 g/mol. The number of carboxylic acid groups (broad SMARTS) is 1. The van der Waals surface area contributed by atoms with E-state index >= 15 is 0 Å². The molecular formula is C53H69F2NO7. The van der Waals surface area contributed by atoms with Crippen LogP contribution in [0.4, 0.5) is 8.78 Å². The standard InChI is InChI=1S/C26H33FO3.C23H27FO2.C4H9NO2/c1-26(2,3)20-12-16-22(17-13-20)30-21-14-10-18(11-15-21)23-8-4-6-19(25(23)27)7-5-9-24(28)29;1-23(2,3)18-9-13-20(14-10-18)26-19-11-7-16(8-12-19)21-6-4-5-17(15-25)22(21)24;1-2-7-4(6)3-5/h4,6,8,10-11,14-15,20,22H,5,7,9,12-13,16-17H2,1-3H3,(H,28,29);4-8,11-12,15,18,20H,9-10,13-14H2,1-3H3;2-3,5H2,1H3. The first-order chi connectivity index (χ1) is 29.9. The van der Waals surface area contributed by atoms with E-state index in [1.165, 1.54) is 31.7 Å². The molecule has 0 radical (unpaired) electrons. The Morgan fingerprint density at radius 1 is 0.683 bits per heavy atom. The van der Waals surface area contributed by atoms with Gasteiger partial charge in [-0.2, -0.15) is 0 Å². The Hall–Kier alpha value is -5.09. The van der Waals surface area contributed by atoms with E-state index in [0.29, 0.717) is 53.3 Å². The number of hydrogen-bond acceptors (Lipinski definition) is 7. The van der Waals surface area contributed by atoms with Crippen LogP contribution in [0.25, 0.3) is 22.3 Å². The highest BCUT2D eigenvalue weighted by Gasteiger charge is 2.31. The van der Waals surface area contributed by atoms with Gasteiger partial charge in [0.2, 0.25) is 0 Å². The second-order valence-electron chi connectivity index (χ2n) is 18.8. The van der Waals surface area contributed by atoms with Crippen molar-refractivity contribution in [3.8, 4) is 33.8 Å². The summed E-state index contributed by atoms with van der Waals surface area (Å²) < 4.78 is 46.0. The lowest BCUT2D eigenvalue weighted by molar-refractivity contribution is -0.141. The van der Waals surface area contributed by atoms with E-state index in [-0.39, 0.29) is 42.5 Å². The maximum atomic E-state index is 14.9. The molecule has 8 nitrogen and oxygen atoms in total. The molecule has 63 heavy (non-hydrogen) atoms. The molecule has 342 valence electrons. The fourth-order valence-corrected chi connectivity index (χ4v) is 8.41. The number of nitrogens with two attached hydrogens (primary N) is 1. The van der Waals surface area contributed by atoms with Gasteiger partial charge in [-0.05, 0) is 141 Å². The van der Waals surface area contributed by atoms with Gasteiger partial charge in [-0.15, -0.1) is 0 Å². The van der Waals surface area contributed by atoms with E-state index in [9.17, 15) is 23.2 Å². The number of aryl methyl sites for hydroxylation is 1. The van der Waals surface area contributed by atoms with Crippen LogP contribution in [0.15, 0.2) is 84.9 Å². The van der Waals surface area contributed by atoms with Gasteiger partial charge in [0, 0.05) is 17.5 Å². The van der Waals surface area contributed by atoms with Gasteiger partial charge in [0.15, 0.2) is 6.29 Å². The molecular weight excluding hydrogens is 801 g/mol. The van der Waals surface area contributed by atoms with Crippen molar-refractivity contribution in [3.63, 3.8) is 0 Å². The zero-order chi connectivity index (χ0) is 46.2. The van der Waals surface area contributed by atoms with Crippen LogP contribution >= 0.6 is 0 Å². The fraction of sp³-hybridized carbons (Fsp3) is 0.491. The molecule has 0 atom stereocenters. The Labute approximate surface area is 373 Å². The Balaban J connectivity index is 0.000000242. The number of halogens is 2. The molecule has 0 saturated heterocycles. The fourth-order valence-electron chi connectivity index (χ4n) is 8.41. The minimum absolute atomic E-state index is 0.0200. The van der Waals surface area contributed by atoms with Gasteiger partial charge in [0.05, 0.1) is 30.9 Å². The molecule has 2 aliphatic carbocycles. The maximum absolute atomic E-state index is 14.9. The zero-order valence-electron chi connectivity index (χ0n) is 38.4. The second kappa shape index (κ2) is 24.1. The summed E-state index contributed by atoms with van der Waals surface area (Å²) in [6.07, 6.45) is 11.1. The van der Waals surface area contributed by atoms with Crippen LogP contribution in [0.3, 0.4) is 0 Å². The molecule has 2 aliphatic rings. The number of ether oxygens (including phenoxy) is 3. The Bertz CT molecular complexity index is 2040. The number of esters is 1. The van der Waals surface area contributed by atoms with E-state index in [0.717, 1.165) is 60.1 Å². The lowest BCUT2D eigenvalue weighted by Crippen LogP contribution is -2.30. The maximum Gasteiger partial charge on any atom is 0.319 e. The number of aldehydes is 1. The van der Waals surface area contributed by atoms with Crippen LogP contribution in [-0.4, -0.2) is 48.7 Å². The Kier molecular flexibility index (Phi) is 19.3. The summed E-state index contributed by atoms with van der Waals surface area (Å²) in [6, 6.07) is 25.3. The molecule has 2 saturated carbocycles. The zero-order valence-corrected chi connectivity index (χ0v) is 38.4. The number of benzene rings is 4. The van der Waals surface area contributed by atoms with Crippen molar-refractivity contribution in [3.05, 3.63) is 108 Å². The predicted octanol–water partition coefficient (Wildman–Crippen LogP) is 12.7. The molecule has 4 aromatic rings. The normalized spacial score (nSPS) is 18.7. The summed E-state index contributed by atoms with van der Waals surface area (Å²) in [7, 11) is 0. The highest BCUT2D eigenvalue weighted by atomic mass is 19.1. The number of aliphatic carboxylic acids is 1. The largest absolute Gasteiger partial charge is 0.490 e. The van der Waals surface area contributed by atoms with Crippen LogP contribution < -0.4 is 15.2 Å². The first-order valence-corrected chi connectivity index (χ1v) is 22.6. The first kappa shape index (κ1) is 50.6. The van der Waals surface area contributed by atoms with Crippen molar-refractivity contribution in [2.75, 3.05) is 13.2 Å². The van der Waals surface area contributed by atoms with Crippen molar-refractivity contribution < 1.29 is 42.5 Å². The molecule has 0 bridgehead atoms. The van der Waals surface area contributed by atoms with Crippen LogP contribution in [0.2, 0.25) is 0 Å². The number of hydrogen-bond donors (Lipinski definition) is 2. The minimum Gasteiger partial charge on any atom is -0.490 e. The van der Waals surface area contributed by atoms with Crippen molar-refractivity contribution >= 4 is 18.2 Å². The van der Waals surface area contributed by atoms with E-state index < -0.39 is 11.8 Å². The average molecular weight is 870 g/mol. The molecule has 0 aromatic heterocycles. The van der Waals surface area contributed by atoms with Crippen molar-refractivity contribution in [2.45, 2.75) is 131 Å². The average Bonchev–Trinajstić information content (AvgIpc) is 3.25. The van der Waals surface area contributed by atoms with Crippen LogP contribution in [-0.2, 0) is 20.7 Å². The molecule has 4 aromatic carbocycles.